The second kappa shape index (κ2) is 10.2. The van der Waals surface area contributed by atoms with Crippen molar-refractivity contribution < 1.29 is 22.7 Å². The van der Waals surface area contributed by atoms with Gasteiger partial charge in [-0.25, -0.2) is 8.42 Å². The zero-order valence-electron chi connectivity index (χ0n) is 17.6. The maximum absolute atomic E-state index is 12.9. The van der Waals surface area contributed by atoms with Crippen LogP contribution in [0.25, 0.3) is 0 Å². The molecule has 1 heterocycles. The maximum Gasteiger partial charge on any atom is 0.254 e. The van der Waals surface area contributed by atoms with Gasteiger partial charge in [0.15, 0.2) is 0 Å². The first-order chi connectivity index (χ1) is 13.6. The number of methoxy groups -OCH3 is 1. The smallest absolute Gasteiger partial charge is 0.254 e. The number of piperidine rings is 1. The Morgan fingerprint density at radius 2 is 1.76 bits per heavy atom. The average Bonchev–Trinajstić information content (AvgIpc) is 2.67. The monoisotopic (exact) mass is 425 g/mol. The molecule has 8 nitrogen and oxygen atoms in total. The van der Waals surface area contributed by atoms with Crippen LogP contribution >= 0.6 is 0 Å². The van der Waals surface area contributed by atoms with Crippen LogP contribution in [0.15, 0.2) is 29.2 Å². The Bertz CT molecular complexity index is 800. The highest BCUT2D eigenvalue weighted by Crippen LogP contribution is 2.26. The number of hydrogen-bond acceptors (Lipinski definition) is 5. The predicted molar refractivity (Wildman–Crippen MR) is 110 cm³/mol. The van der Waals surface area contributed by atoms with Crippen molar-refractivity contribution in [2.24, 2.45) is 11.8 Å². The van der Waals surface area contributed by atoms with Crippen LogP contribution in [0.4, 0.5) is 0 Å². The number of hydrogen-bond donors (Lipinski definition) is 1. The first-order valence-corrected chi connectivity index (χ1v) is 11.2. The summed E-state index contributed by atoms with van der Waals surface area (Å²) < 4.78 is 32.3. The van der Waals surface area contributed by atoms with Gasteiger partial charge in [-0.1, -0.05) is 13.8 Å². The van der Waals surface area contributed by atoms with Crippen molar-refractivity contribution >= 4 is 21.8 Å². The van der Waals surface area contributed by atoms with Crippen molar-refractivity contribution in [3.63, 3.8) is 0 Å². The molecule has 1 aliphatic rings. The van der Waals surface area contributed by atoms with Gasteiger partial charge in [-0.15, -0.1) is 0 Å². The van der Waals surface area contributed by atoms with Gasteiger partial charge < -0.3 is 15.0 Å². The molecule has 0 radical (unpaired) electrons. The largest absolute Gasteiger partial charge is 0.383 e. The second-order valence-electron chi connectivity index (χ2n) is 7.80. The predicted octanol–water partition coefficient (Wildman–Crippen LogP) is 1.19. The average molecular weight is 426 g/mol. The Labute approximate surface area is 173 Å². The standard InChI is InChI=1S/C20H31N3O5S/c1-15-11-16(2)13-23(12-15)29(26,27)18-7-5-17(6-8-18)20(25)22(3)14-19(24)21-9-10-28-4/h5-8,15-16H,9-14H2,1-4H3,(H,21,24)/t15-,16+. The quantitative estimate of drug-likeness (QED) is 0.631. The summed E-state index contributed by atoms with van der Waals surface area (Å²) in [4.78, 5) is 25.8. The summed E-state index contributed by atoms with van der Waals surface area (Å²) in [6, 6.07) is 5.90. The molecule has 0 spiro atoms. The molecule has 1 N–H and O–H groups in total. The molecule has 0 aliphatic carbocycles. The van der Waals surface area contributed by atoms with Crippen molar-refractivity contribution in [1.29, 1.82) is 0 Å². The molecule has 1 aromatic carbocycles. The van der Waals surface area contributed by atoms with Gasteiger partial charge in [0.05, 0.1) is 18.0 Å². The van der Waals surface area contributed by atoms with E-state index < -0.39 is 10.0 Å². The minimum Gasteiger partial charge on any atom is -0.383 e. The molecule has 1 saturated heterocycles. The number of sulfonamides is 1. The minimum absolute atomic E-state index is 0.0911. The van der Waals surface area contributed by atoms with Gasteiger partial charge in [-0.3, -0.25) is 9.59 Å². The first-order valence-electron chi connectivity index (χ1n) is 9.76. The molecule has 9 heteroatoms. The Morgan fingerprint density at radius 1 is 1.17 bits per heavy atom. The molecule has 2 atom stereocenters. The van der Waals surface area contributed by atoms with E-state index in [4.69, 9.17) is 4.74 Å². The van der Waals surface area contributed by atoms with Crippen molar-refractivity contribution in [3.8, 4) is 0 Å². The van der Waals surface area contributed by atoms with E-state index in [1.54, 1.807) is 0 Å². The van der Waals surface area contributed by atoms with Crippen molar-refractivity contribution in [2.75, 3.05) is 46.9 Å². The molecule has 2 amide bonds. The maximum atomic E-state index is 12.9. The molecular formula is C20H31N3O5S. The van der Waals surface area contributed by atoms with E-state index in [1.165, 1.54) is 47.6 Å². The summed E-state index contributed by atoms with van der Waals surface area (Å²) in [5.41, 5.74) is 0.330. The van der Waals surface area contributed by atoms with Crippen molar-refractivity contribution in [3.05, 3.63) is 29.8 Å². The molecule has 0 saturated carbocycles. The molecule has 0 aromatic heterocycles. The Morgan fingerprint density at radius 3 is 2.31 bits per heavy atom. The zero-order valence-corrected chi connectivity index (χ0v) is 18.4. The Kier molecular flexibility index (Phi) is 8.18. The first kappa shape index (κ1) is 23.3. The van der Waals surface area contributed by atoms with E-state index in [9.17, 15) is 18.0 Å². The van der Waals surface area contributed by atoms with Crippen LogP contribution in [0.1, 0.15) is 30.6 Å². The van der Waals surface area contributed by atoms with Gasteiger partial charge in [0.2, 0.25) is 15.9 Å². The topological polar surface area (TPSA) is 96.0 Å². The third-order valence-corrected chi connectivity index (χ3v) is 6.78. The van der Waals surface area contributed by atoms with Gasteiger partial charge in [-0.2, -0.15) is 4.31 Å². The fourth-order valence-electron chi connectivity index (χ4n) is 3.58. The van der Waals surface area contributed by atoms with Gasteiger partial charge >= 0.3 is 0 Å². The summed E-state index contributed by atoms with van der Waals surface area (Å²) in [6.07, 6.45) is 1.02. The lowest BCUT2D eigenvalue weighted by atomic mass is 9.94. The number of benzene rings is 1. The van der Waals surface area contributed by atoms with Gasteiger partial charge in [0.1, 0.15) is 0 Å². The number of carbonyl (C=O) groups excluding carboxylic acids is 2. The highest BCUT2D eigenvalue weighted by atomic mass is 32.2. The molecule has 162 valence electrons. The highest BCUT2D eigenvalue weighted by molar-refractivity contribution is 7.89. The van der Waals surface area contributed by atoms with Crippen LogP contribution in [-0.4, -0.2) is 76.4 Å². The summed E-state index contributed by atoms with van der Waals surface area (Å²) in [5, 5.41) is 2.65. The number of carbonyl (C=O) groups is 2. The third kappa shape index (κ3) is 6.25. The Balaban J connectivity index is 2.03. The molecule has 1 aliphatic heterocycles. The lowest BCUT2D eigenvalue weighted by Gasteiger charge is -2.34. The summed E-state index contributed by atoms with van der Waals surface area (Å²) >= 11 is 0. The van der Waals surface area contributed by atoms with Crippen molar-refractivity contribution in [2.45, 2.75) is 25.2 Å². The zero-order chi connectivity index (χ0) is 21.6. The fourth-order valence-corrected chi connectivity index (χ4v) is 5.26. The molecule has 0 unspecified atom stereocenters. The van der Waals surface area contributed by atoms with Gasteiger partial charge in [0.25, 0.3) is 5.91 Å². The molecule has 29 heavy (non-hydrogen) atoms. The van der Waals surface area contributed by atoms with Crippen molar-refractivity contribution in [1.82, 2.24) is 14.5 Å². The minimum atomic E-state index is -3.59. The molecule has 1 aromatic rings. The summed E-state index contributed by atoms with van der Waals surface area (Å²) in [7, 11) is -0.523. The summed E-state index contributed by atoms with van der Waals surface area (Å²) in [6.45, 7) is 5.81. The van der Waals surface area contributed by atoms with E-state index in [-0.39, 0.29) is 23.3 Å². The van der Waals surface area contributed by atoms with Gasteiger partial charge in [-0.05, 0) is 42.5 Å². The van der Waals surface area contributed by atoms with Crippen LogP contribution in [0.5, 0.6) is 0 Å². The molecule has 0 bridgehead atoms. The lowest BCUT2D eigenvalue weighted by Crippen LogP contribution is -2.42. The Hall–Kier alpha value is -1.97. The van der Waals surface area contributed by atoms with Crippen LogP contribution in [0.2, 0.25) is 0 Å². The number of ether oxygens (including phenoxy) is 1. The fraction of sp³-hybridized carbons (Fsp3) is 0.600. The van der Waals surface area contributed by atoms with E-state index in [2.05, 4.69) is 19.2 Å². The van der Waals surface area contributed by atoms with Crippen LogP contribution < -0.4 is 5.32 Å². The highest BCUT2D eigenvalue weighted by Gasteiger charge is 2.31. The molecule has 1 fully saturated rings. The van der Waals surface area contributed by atoms with E-state index in [1.807, 2.05) is 0 Å². The van der Waals surface area contributed by atoms with E-state index >= 15 is 0 Å². The number of nitrogens with one attached hydrogen (secondary N) is 1. The number of rotatable bonds is 8. The second-order valence-corrected chi connectivity index (χ2v) is 9.73. The van der Waals surface area contributed by atoms with Crippen LogP contribution in [0, 0.1) is 11.8 Å². The number of likely N-dealkylation sites (N-methyl/N-ethyl adjacent to an activating group) is 1. The summed E-state index contributed by atoms with van der Waals surface area (Å²) in [5.74, 6) is -0.00221. The van der Waals surface area contributed by atoms with E-state index in [0.29, 0.717) is 43.6 Å². The molecule has 2 rings (SSSR count). The number of amides is 2. The molecular weight excluding hydrogens is 394 g/mol. The van der Waals surface area contributed by atoms with Crippen LogP contribution in [0.3, 0.4) is 0 Å². The van der Waals surface area contributed by atoms with Gasteiger partial charge in [0, 0.05) is 39.4 Å². The number of nitrogens with zero attached hydrogens (tertiary/aromatic N) is 2. The lowest BCUT2D eigenvalue weighted by molar-refractivity contribution is -0.121. The van der Waals surface area contributed by atoms with E-state index in [0.717, 1.165) is 6.42 Å². The SMILES string of the molecule is COCCNC(=O)CN(C)C(=O)c1ccc(S(=O)(=O)N2C[C@H](C)C[C@H](C)C2)cc1. The normalized spacial score (nSPS) is 20.3. The van der Waals surface area contributed by atoms with Crippen LogP contribution in [-0.2, 0) is 19.6 Å². The third-order valence-electron chi connectivity index (χ3n) is 4.93.